The summed E-state index contributed by atoms with van der Waals surface area (Å²) in [6.07, 6.45) is 5.81. The molecule has 1 aromatic heterocycles. The van der Waals surface area contributed by atoms with E-state index in [1.54, 1.807) is 12.4 Å². The highest BCUT2D eigenvalue weighted by Crippen LogP contribution is 2.19. The maximum absolute atomic E-state index is 10.5. The fourth-order valence-corrected chi connectivity index (χ4v) is 1.74. The van der Waals surface area contributed by atoms with Gasteiger partial charge in [0.15, 0.2) is 0 Å². The Kier molecular flexibility index (Phi) is 5.00. The molecule has 0 aliphatic heterocycles. The second kappa shape index (κ2) is 7.16. The third-order valence-electron chi connectivity index (χ3n) is 2.65. The van der Waals surface area contributed by atoms with E-state index >= 15 is 0 Å². The number of nitrogens with one attached hydrogen (secondary N) is 1. The third kappa shape index (κ3) is 4.39. The standard InChI is InChI=1S/C15H15N3O3/c19-7-6-17-14-10-16-9-13(18-14)12-3-1-2-11(8-12)4-5-15(20)21/h1-5,8-10,19H,6-7H2,(H,17,18)(H,20,21). The zero-order valence-electron chi connectivity index (χ0n) is 11.2. The lowest BCUT2D eigenvalue weighted by atomic mass is 10.1. The molecule has 0 bridgehead atoms. The lowest BCUT2D eigenvalue weighted by Crippen LogP contribution is -2.07. The van der Waals surface area contributed by atoms with Gasteiger partial charge in [-0.25, -0.2) is 9.78 Å². The van der Waals surface area contributed by atoms with Crippen LogP contribution in [0.5, 0.6) is 0 Å². The molecule has 21 heavy (non-hydrogen) atoms. The fraction of sp³-hybridized carbons (Fsp3) is 0.133. The van der Waals surface area contributed by atoms with Gasteiger partial charge in [-0.1, -0.05) is 18.2 Å². The second-order valence-electron chi connectivity index (χ2n) is 4.24. The van der Waals surface area contributed by atoms with Crippen LogP contribution in [0.2, 0.25) is 0 Å². The summed E-state index contributed by atoms with van der Waals surface area (Å²) in [5, 5.41) is 20.4. The van der Waals surface area contributed by atoms with Gasteiger partial charge in [0.1, 0.15) is 5.82 Å². The Labute approximate surface area is 121 Å². The molecule has 1 aromatic carbocycles. The first kappa shape index (κ1) is 14.7. The lowest BCUT2D eigenvalue weighted by molar-refractivity contribution is -0.131. The maximum atomic E-state index is 10.5. The highest BCUT2D eigenvalue weighted by atomic mass is 16.4. The molecule has 0 unspecified atom stereocenters. The third-order valence-corrected chi connectivity index (χ3v) is 2.65. The number of carboxylic acids is 1. The quantitative estimate of drug-likeness (QED) is 0.698. The van der Waals surface area contributed by atoms with Gasteiger partial charge in [-0.15, -0.1) is 0 Å². The van der Waals surface area contributed by atoms with Crippen LogP contribution in [0.15, 0.2) is 42.7 Å². The predicted molar refractivity (Wildman–Crippen MR) is 79.7 cm³/mol. The normalized spacial score (nSPS) is 10.7. The molecule has 0 fully saturated rings. The molecule has 1 heterocycles. The maximum Gasteiger partial charge on any atom is 0.328 e. The highest BCUT2D eigenvalue weighted by molar-refractivity contribution is 5.85. The number of aliphatic hydroxyl groups is 1. The first-order valence-corrected chi connectivity index (χ1v) is 6.37. The Hall–Kier alpha value is -2.73. The van der Waals surface area contributed by atoms with Gasteiger partial charge in [-0.3, -0.25) is 4.98 Å². The molecule has 3 N–H and O–H groups in total. The summed E-state index contributed by atoms with van der Waals surface area (Å²) in [6.45, 7) is 0.418. The molecule has 108 valence electrons. The van der Waals surface area contributed by atoms with Crippen molar-refractivity contribution in [2.45, 2.75) is 0 Å². The molecular weight excluding hydrogens is 270 g/mol. The van der Waals surface area contributed by atoms with E-state index in [2.05, 4.69) is 15.3 Å². The monoisotopic (exact) mass is 285 g/mol. The van der Waals surface area contributed by atoms with Crippen molar-refractivity contribution in [3.63, 3.8) is 0 Å². The smallest absolute Gasteiger partial charge is 0.328 e. The van der Waals surface area contributed by atoms with E-state index in [1.165, 1.54) is 6.08 Å². The first-order chi connectivity index (χ1) is 10.2. The largest absolute Gasteiger partial charge is 0.478 e. The van der Waals surface area contributed by atoms with Gasteiger partial charge in [0, 0.05) is 18.2 Å². The van der Waals surface area contributed by atoms with E-state index in [-0.39, 0.29) is 6.61 Å². The summed E-state index contributed by atoms with van der Waals surface area (Å²) >= 11 is 0. The Balaban J connectivity index is 2.25. The van der Waals surface area contributed by atoms with Crippen LogP contribution in [-0.4, -0.2) is 39.3 Å². The Morgan fingerprint density at radius 2 is 2.19 bits per heavy atom. The minimum absolute atomic E-state index is 0.0153. The molecule has 0 aliphatic rings. The molecule has 0 spiro atoms. The number of carbonyl (C=O) groups is 1. The molecule has 6 nitrogen and oxygen atoms in total. The molecule has 6 heteroatoms. The van der Waals surface area contributed by atoms with Crippen molar-refractivity contribution in [3.05, 3.63) is 48.3 Å². The number of carboxylic acid groups (broad SMARTS) is 1. The van der Waals surface area contributed by atoms with Crippen LogP contribution >= 0.6 is 0 Å². The van der Waals surface area contributed by atoms with Crippen molar-refractivity contribution in [2.24, 2.45) is 0 Å². The van der Waals surface area contributed by atoms with Crippen molar-refractivity contribution in [1.82, 2.24) is 9.97 Å². The Morgan fingerprint density at radius 3 is 2.95 bits per heavy atom. The minimum atomic E-state index is -0.990. The Bertz CT molecular complexity index is 656. The number of anilines is 1. The number of benzene rings is 1. The van der Waals surface area contributed by atoms with Gasteiger partial charge in [0.05, 0.1) is 24.7 Å². The van der Waals surface area contributed by atoms with Gasteiger partial charge < -0.3 is 15.5 Å². The summed E-state index contributed by atoms with van der Waals surface area (Å²) in [5.74, 6) is -0.413. The topological polar surface area (TPSA) is 95.3 Å². The first-order valence-electron chi connectivity index (χ1n) is 6.37. The van der Waals surface area contributed by atoms with Gasteiger partial charge >= 0.3 is 5.97 Å². The van der Waals surface area contributed by atoms with E-state index in [1.807, 2.05) is 24.3 Å². The van der Waals surface area contributed by atoms with Crippen LogP contribution in [-0.2, 0) is 4.79 Å². The molecule has 0 saturated heterocycles. The van der Waals surface area contributed by atoms with Crippen molar-refractivity contribution >= 4 is 17.9 Å². The van der Waals surface area contributed by atoms with Crippen LogP contribution in [0.4, 0.5) is 5.82 Å². The average Bonchev–Trinajstić information content (AvgIpc) is 2.51. The number of nitrogens with zero attached hydrogens (tertiary/aromatic N) is 2. The molecule has 2 aromatic rings. The predicted octanol–water partition coefficient (Wildman–Crippen LogP) is 1.65. The van der Waals surface area contributed by atoms with E-state index in [9.17, 15) is 4.79 Å². The van der Waals surface area contributed by atoms with Gasteiger partial charge in [-0.2, -0.15) is 0 Å². The second-order valence-corrected chi connectivity index (χ2v) is 4.24. The number of hydrogen-bond acceptors (Lipinski definition) is 5. The van der Waals surface area contributed by atoms with Crippen molar-refractivity contribution in [3.8, 4) is 11.3 Å². The summed E-state index contributed by atoms with van der Waals surface area (Å²) in [7, 11) is 0. The molecule has 0 aliphatic carbocycles. The number of rotatable bonds is 6. The van der Waals surface area contributed by atoms with Crippen LogP contribution in [0.3, 0.4) is 0 Å². The summed E-state index contributed by atoms with van der Waals surface area (Å²) in [6, 6.07) is 7.34. The van der Waals surface area contributed by atoms with Crippen LogP contribution in [0.25, 0.3) is 17.3 Å². The van der Waals surface area contributed by atoms with E-state index in [0.29, 0.717) is 18.1 Å². The van der Waals surface area contributed by atoms with E-state index in [4.69, 9.17) is 10.2 Å². The van der Waals surface area contributed by atoms with Crippen molar-refractivity contribution in [1.29, 1.82) is 0 Å². The number of aliphatic hydroxyl groups excluding tert-OH is 1. The summed E-state index contributed by atoms with van der Waals surface area (Å²) < 4.78 is 0. The Morgan fingerprint density at radius 1 is 1.33 bits per heavy atom. The average molecular weight is 285 g/mol. The van der Waals surface area contributed by atoms with Gasteiger partial charge in [0.2, 0.25) is 0 Å². The number of aliphatic carboxylic acids is 1. The number of aromatic nitrogens is 2. The SMILES string of the molecule is O=C(O)C=Cc1cccc(-c2cncc(NCCO)n2)c1. The molecular formula is C15H15N3O3. The fourth-order valence-electron chi connectivity index (χ4n) is 1.74. The minimum Gasteiger partial charge on any atom is -0.478 e. The summed E-state index contributed by atoms with van der Waals surface area (Å²) in [4.78, 5) is 19.0. The van der Waals surface area contributed by atoms with Crippen molar-refractivity contribution < 1.29 is 15.0 Å². The lowest BCUT2D eigenvalue weighted by Gasteiger charge is -2.06. The van der Waals surface area contributed by atoms with E-state index in [0.717, 1.165) is 17.2 Å². The summed E-state index contributed by atoms with van der Waals surface area (Å²) in [5.41, 5.74) is 2.27. The van der Waals surface area contributed by atoms with Crippen LogP contribution in [0, 0.1) is 0 Å². The van der Waals surface area contributed by atoms with Crippen LogP contribution in [0.1, 0.15) is 5.56 Å². The van der Waals surface area contributed by atoms with Gasteiger partial charge in [-0.05, 0) is 17.7 Å². The van der Waals surface area contributed by atoms with Gasteiger partial charge in [0.25, 0.3) is 0 Å². The zero-order valence-corrected chi connectivity index (χ0v) is 11.2. The molecule has 2 rings (SSSR count). The molecule has 0 saturated carbocycles. The zero-order chi connectivity index (χ0) is 15.1. The van der Waals surface area contributed by atoms with E-state index < -0.39 is 5.97 Å². The van der Waals surface area contributed by atoms with Crippen molar-refractivity contribution in [2.75, 3.05) is 18.5 Å². The van der Waals surface area contributed by atoms with Crippen LogP contribution < -0.4 is 5.32 Å². The molecule has 0 radical (unpaired) electrons. The molecule has 0 amide bonds. The molecule has 0 atom stereocenters. The number of hydrogen-bond donors (Lipinski definition) is 3. The highest BCUT2D eigenvalue weighted by Gasteiger charge is 2.02.